The van der Waals surface area contributed by atoms with Crippen molar-refractivity contribution in [2.24, 2.45) is 0 Å². The molecular formula is C16H20N2O3. The van der Waals surface area contributed by atoms with Crippen molar-refractivity contribution in [3.8, 4) is 28.4 Å². The Labute approximate surface area is 124 Å². The molecule has 0 unspecified atom stereocenters. The van der Waals surface area contributed by atoms with Gasteiger partial charge in [-0.3, -0.25) is 4.98 Å². The highest BCUT2D eigenvalue weighted by Crippen LogP contribution is 2.46. The lowest BCUT2D eigenvalue weighted by atomic mass is 9.97. The molecule has 0 aliphatic heterocycles. The van der Waals surface area contributed by atoms with Crippen LogP contribution in [0.1, 0.15) is 11.3 Å². The molecule has 1 aromatic carbocycles. The SMILES string of the molecule is COc1ccc(-c2c(N)cnc(C)c2C)c(OC)c1OC. The summed E-state index contributed by atoms with van der Waals surface area (Å²) in [7, 11) is 4.77. The number of nitrogens with zero attached hydrogens (tertiary/aromatic N) is 1. The van der Waals surface area contributed by atoms with Crippen LogP contribution in [0, 0.1) is 13.8 Å². The van der Waals surface area contributed by atoms with Crippen LogP contribution in [0.25, 0.3) is 11.1 Å². The Balaban J connectivity index is 2.79. The molecule has 0 saturated carbocycles. The third-order valence-electron chi connectivity index (χ3n) is 3.58. The Morgan fingerprint density at radius 1 is 0.952 bits per heavy atom. The smallest absolute Gasteiger partial charge is 0.203 e. The molecule has 0 atom stereocenters. The lowest BCUT2D eigenvalue weighted by Crippen LogP contribution is -2.01. The standard InChI is InChI=1S/C16H20N2O3/c1-9-10(2)18-8-12(17)14(9)11-6-7-13(19-3)16(21-5)15(11)20-4/h6-8H,17H2,1-5H3. The van der Waals surface area contributed by atoms with Crippen molar-refractivity contribution < 1.29 is 14.2 Å². The van der Waals surface area contributed by atoms with Gasteiger partial charge in [0.2, 0.25) is 5.75 Å². The van der Waals surface area contributed by atoms with Crippen LogP contribution in [-0.2, 0) is 0 Å². The van der Waals surface area contributed by atoms with Gasteiger partial charge in [-0.2, -0.15) is 0 Å². The summed E-state index contributed by atoms with van der Waals surface area (Å²) < 4.78 is 16.3. The minimum atomic E-state index is 0.547. The van der Waals surface area contributed by atoms with Crippen molar-refractivity contribution in [2.45, 2.75) is 13.8 Å². The number of benzene rings is 1. The highest BCUT2D eigenvalue weighted by molar-refractivity contribution is 5.85. The third-order valence-corrected chi connectivity index (χ3v) is 3.58. The zero-order valence-corrected chi connectivity index (χ0v) is 13.0. The van der Waals surface area contributed by atoms with E-state index in [0.29, 0.717) is 22.9 Å². The van der Waals surface area contributed by atoms with E-state index in [-0.39, 0.29) is 0 Å². The van der Waals surface area contributed by atoms with Crippen molar-refractivity contribution in [3.05, 3.63) is 29.6 Å². The van der Waals surface area contributed by atoms with Gasteiger partial charge in [0.1, 0.15) is 0 Å². The molecule has 0 aliphatic carbocycles. The summed E-state index contributed by atoms with van der Waals surface area (Å²) in [5.74, 6) is 1.75. The number of hydrogen-bond donors (Lipinski definition) is 1. The van der Waals surface area contributed by atoms with Crippen molar-refractivity contribution >= 4 is 5.69 Å². The number of rotatable bonds is 4. The number of aryl methyl sites for hydroxylation is 1. The van der Waals surface area contributed by atoms with Gasteiger partial charge in [0.25, 0.3) is 0 Å². The van der Waals surface area contributed by atoms with Crippen LogP contribution in [0.2, 0.25) is 0 Å². The van der Waals surface area contributed by atoms with Crippen molar-refractivity contribution in [1.29, 1.82) is 0 Å². The molecule has 2 rings (SSSR count). The summed E-state index contributed by atoms with van der Waals surface area (Å²) in [4.78, 5) is 4.27. The number of nitrogens with two attached hydrogens (primary N) is 1. The maximum atomic E-state index is 6.12. The first-order valence-corrected chi connectivity index (χ1v) is 6.56. The minimum Gasteiger partial charge on any atom is -0.493 e. The largest absolute Gasteiger partial charge is 0.493 e. The number of methoxy groups -OCH3 is 3. The van der Waals surface area contributed by atoms with Crippen LogP contribution < -0.4 is 19.9 Å². The van der Waals surface area contributed by atoms with Crippen LogP contribution >= 0.6 is 0 Å². The Bertz CT molecular complexity index is 669. The molecule has 2 N–H and O–H groups in total. The average molecular weight is 288 g/mol. The number of anilines is 1. The van der Waals surface area contributed by atoms with Crippen LogP contribution in [-0.4, -0.2) is 26.3 Å². The van der Waals surface area contributed by atoms with E-state index in [4.69, 9.17) is 19.9 Å². The fraction of sp³-hybridized carbons (Fsp3) is 0.312. The van der Waals surface area contributed by atoms with Gasteiger partial charge in [0, 0.05) is 16.8 Å². The molecule has 1 aromatic heterocycles. The van der Waals surface area contributed by atoms with Crippen LogP contribution in [0.5, 0.6) is 17.2 Å². The van der Waals surface area contributed by atoms with Gasteiger partial charge >= 0.3 is 0 Å². The van der Waals surface area contributed by atoms with Crippen molar-refractivity contribution in [1.82, 2.24) is 4.98 Å². The van der Waals surface area contributed by atoms with Gasteiger partial charge in [-0.15, -0.1) is 0 Å². The topological polar surface area (TPSA) is 66.6 Å². The number of ether oxygens (including phenoxy) is 3. The summed E-state index contributed by atoms with van der Waals surface area (Å²) in [6.07, 6.45) is 1.66. The highest BCUT2D eigenvalue weighted by Gasteiger charge is 2.20. The van der Waals surface area contributed by atoms with E-state index in [1.165, 1.54) is 0 Å². The maximum absolute atomic E-state index is 6.12. The van der Waals surface area contributed by atoms with Crippen molar-refractivity contribution in [2.75, 3.05) is 27.1 Å². The minimum absolute atomic E-state index is 0.547. The van der Waals surface area contributed by atoms with E-state index >= 15 is 0 Å². The molecule has 2 aromatic rings. The first-order valence-electron chi connectivity index (χ1n) is 6.56. The van der Waals surface area contributed by atoms with Gasteiger partial charge in [-0.1, -0.05) is 0 Å². The van der Waals surface area contributed by atoms with Gasteiger partial charge in [0.15, 0.2) is 11.5 Å². The fourth-order valence-electron chi connectivity index (χ4n) is 2.38. The van der Waals surface area contributed by atoms with Crippen LogP contribution in [0.4, 0.5) is 5.69 Å². The molecule has 0 spiro atoms. The van der Waals surface area contributed by atoms with Gasteiger partial charge in [-0.05, 0) is 31.5 Å². The van der Waals surface area contributed by atoms with Crippen LogP contribution in [0.15, 0.2) is 18.3 Å². The van der Waals surface area contributed by atoms with E-state index in [2.05, 4.69) is 4.98 Å². The van der Waals surface area contributed by atoms with E-state index < -0.39 is 0 Å². The number of nitrogen functional groups attached to an aromatic ring is 1. The Morgan fingerprint density at radius 3 is 2.19 bits per heavy atom. The second kappa shape index (κ2) is 5.91. The van der Waals surface area contributed by atoms with E-state index in [0.717, 1.165) is 22.4 Å². The molecule has 5 heteroatoms. The first-order chi connectivity index (χ1) is 10.0. The normalized spacial score (nSPS) is 10.3. The van der Waals surface area contributed by atoms with E-state index in [9.17, 15) is 0 Å². The molecule has 21 heavy (non-hydrogen) atoms. The Kier molecular flexibility index (Phi) is 4.21. The Hall–Kier alpha value is -2.43. The second-order valence-corrected chi connectivity index (χ2v) is 4.68. The molecule has 1 heterocycles. The maximum Gasteiger partial charge on any atom is 0.203 e. The molecule has 0 fully saturated rings. The zero-order chi connectivity index (χ0) is 15.6. The summed E-state index contributed by atoms with van der Waals surface area (Å²) in [6, 6.07) is 3.75. The first kappa shape index (κ1) is 15.0. The summed E-state index contributed by atoms with van der Waals surface area (Å²) in [6.45, 7) is 3.94. The fourth-order valence-corrected chi connectivity index (χ4v) is 2.38. The summed E-state index contributed by atoms with van der Waals surface area (Å²) >= 11 is 0. The number of hydrogen-bond acceptors (Lipinski definition) is 5. The lowest BCUT2D eigenvalue weighted by molar-refractivity contribution is 0.325. The number of pyridine rings is 1. The molecule has 0 radical (unpaired) electrons. The van der Waals surface area contributed by atoms with Crippen molar-refractivity contribution in [3.63, 3.8) is 0 Å². The van der Waals surface area contributed by atoms with Gasteiger partial charge in [0.05, 0.1) is 33.2 Å². The van der Waals surface area contributed by atoms with Gasteiger partial charge in [-0.25, -0.2) is 0 Å². The predicted octanol–water partition coefficient (Wildman–Crippen LogP) is 2.97. The molecule has 0 bridgehead atoms. The van der Waals surface area contributed by atoms with Gasteiger partial charge < -0.3 is 19.9 Å². The highest BCUT2D eigenvalue weighted by atomic mass is 16.5. The molecular weight excluding hydrogens is 268 g/mol. The zero-order valence-electron chi connectivity index (χ0n) is 13.0. The van der Waals surface area contributed by atoms with E-state index in [1.54, 1.807) is 27.5 Å². The molecule has 0 aliphatic rings. The Morgan fingerprint density at radius 2 is 1.62 bits per heavy atom. The average Bonchev–Trinajstić information content (AvgIpc) is 2.50. The summed E-state index contributed by atoms with van der Waals surface area (Å²) in [5.41, 5.74) is 10.4. The lowest BCUT2D eigenvalue weighted by Gasteiger charge is -2.18. The second-order valence-electron chi connectivity index (χ2n) is 4.68. The number of aromatic nitrogens is 1. The summed E-state index contributed by atoms with van der Waals surface area (Å²) in [5, 5.41) is 0. The van der Waals surface area contributed by atoms with E-state index in [1.807, 2.05) is 26.0 Å². The molecule has 112 valence electrons. The third kappa shape index (κ3) is 2.46. The molecule has 5 nitrogen and oxygen atoms in total. The molecule has 0 saturated heterocycles. The predicted molar refractivity (Wildman–Crippen MR) is 83.2 cm³/mol. The van der Waals surface area contributed by atoms with Crippen LogP contribution in [0.3, 0.4) is 0 Å². The quantitative estimate of drug-likeness (QED) is 0.936. The monoisotopic (exact) mass is 288 g/mol. The molecule has 0 amide bonds.